The molecule has 0 aliphatic carbocycles. The molecule has 684 valence electrons. The minimum absolute atomic E-state index is 0.0275. The Balaban J connectivity index is 0.000000120. The molecule has 0 aliphatic heterocycles. The largest absolute Gasteiger partial charge is 0.393 e. The molecule has 1 unspecified atom stereocenters. The maximum Gasteiger partial charge on any atom is 0.393 e. The number of fused-ring (bicyclic) bond motifs is 30. The fraction of sp³-hybridized carbons (Fsp3) is 0.186. The third-order valence-corrected chi connectivity index (χ3v) is 27.7. The van der Waals surface area contributed by atoms with E-state index in [0.717, 1.165) is 146 Å². The Hall–Kier alpha value is -16.3. The summed E-state index contributed by atoms with van der Waals surface area (Å²) in [5, 5.41) is 0. The number of rotatable bonds is 15. The van der Waals surface area contributed by atoms with E-state index in [-0.39, 0.29) is 42.2 Å². The van der Waals surface area contributed by atoms with Gasteiger partial charge in [-0.05, 0) is 253 Å². The highest BCUT2D eigenvalue weighted by Crippen LogP contribution is 2.45. The van der Waals surface area contributed by atoms with Gasteiger partial charge in [-0.3, -0.25) is 53.8 Å². The van der Waals surface area contributed by atoms with E-state index in [1.807, 2.05) is 206 Å². The van der Waals surface area contributed by atoms with Crippen LogP contribution >= 0.6 is 0 Å². The van der Waals surface area contributed by atoms with E-state index in [4.69, 9.17) is 53.2 Å². The van der Waals surface area contributed by atoms with Crippen molar-refractivity contribution >= 4 is 167 Å². The summed E-state index contributed by atoms with van der Waals surface area (Å²) >= 11 is 0. The van der Waals surface area contributed by atoms with Crippen molar-refractivity contribution in [1.82, 2.24) is 83.7 Å². The van der Waals surface area contributed by atoms with E-state index >= 15 is 0 Å². The Bertz CT molecular complexity index is 10300. The van der Waals surface area contributed by atoms with Gasteiger partial charge in [-0.25, -0.2) is 29.9 Å². The lowest BCUT2D eigenvalue weighted by molar-refractivity contribution is -0.213. The first-order valence-corrected chi connectivity index (χ1v) is 46.5. The Morgan fingerprint density at radius 3 is 0.748 bits per heavy atom. The molecule has 0 bridgehead atoms. The lowest BCUT2D eigenvalue weighted by Gasteiger charge is -2.27. The highest BCUT2D eigenvalue weighted by molar-refractivity contribution is 6.01. The average Bonchev–Trinajstić information content (AvgIpc) is 1.52. The van der Waals surface area contributed by atoms with Crippen molar-refractivity contribution < 1.29 is 36.5 Å². The van der Waals surface area contributed by atoms with E-state index in [0.29, 0.717) is 84.5 Å². The van der Waals surface area contributed by atoms with Crippen LogP contribution in [0.4, 0.5) is 13.2 Å². The number of imidazole rings is 12. The number of benzene rings is 15. The van der Waals surface area contributed by atoms with Crippen LogP contribution < -0.4 is 0 Å². The molecular formula is C118H101F3N18. The van der Waals surface area contributed by atoms with Crippen LogP contribution in [0.15, 0.2) is 328 Å². The zero-order valence-electron chi connectivity index (χ0n) is 93.6. The molecule has 0 saturated heterocycles. The first-order valence-electron chi connectivity index (χ1n) is 55.0. The number of alkyl halides is 3. The molecule has 0 radical (unpaired) electrons. The number of halogens is 3. The Kier molecular flexibility index (Phi) is 15.6. The lowest BCUT2D eigenvalue weighted by atomic mass is 9.85. The molecule has 12 aromatic heterocycles. The van der Waals surface area contributed by atoms with Crippen LogP contribution in [0.25, 0.3) is 201 Å². The molecule has 0 spiro atoms. The van der Waals surface area contributed by atoms with Crippen LogP contribution in [-0.4, -0.2) is 89.9 Å². The Morgan fingerprint density at radius 1 is 0.259 bits per heavy atom. The highest BCUT2D eigenvalue weighted by Gasteiger charge is 2.47. The SMILES string of the molecule is CC(C)(C)CCc1cccc2c1nc1n(-c3cccc(-n4c5ccccc5n5c6cccc(CCC(C)(C)C(F)(F)F)c6nc45)c3)c3ccccc3n21.[2H]C([2H])([2H])C([2H])(C)c1cccc2c1nc1n(-c3cccc(-n4c5ccccc5n5c6cccc(C([2H])(C([2H])([2H])[2H])C([2H])([2H])[2H])c6nc45)c3)c3ccccc3n21.[2H]C([2H])([2H])Cc1cccc2c1nc1n(-c3cccc(-n4c5ccccc5n5c6cccc(CC([2H])([2H])[2H])c6nc45)c3)c3ccccc3n21. The third-order valence-electron chi connectivity index (χ3n) is 27.7. The molecule has 27 aromatic rings. The second kappa shape index (κ2) is 31.9. The Morgan fingerprint density at radius 2 is 0.482 bits per heavy atom. The topological polar surface area (TPSA) is 133 Å². The first kappa shape index (κ1) is 67.8. The molecular weight excluding hydrogens is 1730 g/mol. The Labute approximate surface area is 821 Å². The maximum absolute atomic E-state index is 13.8. The van der Waals surface area contributed by atoms with Gasteiger partial charge in [0, 0.05) is 23.3 Å². The van der Waals surface area contributed by atoms with Crippen molar-refractivity contribution in [2.45, 2.75) is 132 Å². The van der Waals surface area contributed by atoms with Gasteiger partial charge in [0.2, 0.25) is 34.7 Å². The van der Waals surface area contributed by atoms with Gasteiger partial charge >= 0.3 is 6.18 Å². The number of hydrogen-bond acceptors (Lipinski definition) is 6. The molecule has 12 heterocycles. The van der Waals surface area contributed by atoms with Gasteiger partial charge in [0.25, 0.3) is 0 Å². The highest BCUT2D eigenvalue weighted by atomic mass is 19.4. The van der Waals surface area contributed by atoms with E-state index in [1.165, 1.54) is 32.4 Å². The summed E-state index contributed by atoms with van der Waals surface area (Å²) in [4.78, 5) is 30.6. The summed E-state index contributed by atoms with van der Waals surface area (Å²) < 4.78 is 205. The van der Waals surface area contributed by atoms with Crippen molar-refractivity contribution in [2.24, 2.45) is 10.8 Å². The molecule has 15 aromatic carbocycles. The van der Waals surface area contributed by atoms with Gasteiger partial charge < -0.3 is 0 Å². The van der Waals surface area contributed by atoms with Crippen molar-refractivity contribution in [1.29, 1.82) is 0 Å². The standard InChI is InChI=1S/C44H41F3N6.C38H32N6.C36H28N6/c1-42(2,3)25-23-28-13-10-21-36-38(28)48-40-50(32-17-6-8-19-34(32)52(36)40)30-15-12-16-31(27-30)51-33-18-7-9-20-35(33)53-37-22-11-14-29(39(37)49-41(51)53)24-26-43(4,5)44(45,46)47;1-23(2)27-14-10-20-33-35(27)39-37-41(29-16-5-7-18-31(29)43(33)37)25-12-9-13-26(22-25)42-30-17-6-8-19-32(30)44-34-21-11-15-28(24(3)4)36(34)40-38(42)44;1-3-23-12-9-20-31-33(23)37-35-39(27-16-5-7-18-29(27)41(31)35)25-14-11-15-26(22-25)40-28-17-6-8-19-30(28)42-32-21-10-13-24(4-2)34(32)38-36(40)42/h6-22,27H,23-26H2,1-5H3;5-24H,1-4H3;5-22H,3-4H2,1-2H3/i;1D3,2D3,3D3,23D,24D;1D3,2D3. The van der Waals surface area contributed by atoms with Crippen LogP contribution in [0.3, 0.4) is 0 Å². The predicted molar refractivity (Wildman–Crippen MR) is 561 cm³/mol. The molecule has 21 heteroatoms. The maximum atomic E-state index is 13.8. The molecule has 139 heavy (non-hydrogen) atoms. The van der Waals surface area contributed by atoms with Crippen LogP contribution in [0.1, 0.15) is 157 Å². The van der Waals surface area contributed by atoms with Crippen LogP contribution in [0, 0.1) is 10.8 Å². The summed E-state index contributed by atoms with van der Waals surface area (Å²) in [5.74, 6) is -1.04. The number of hydrogen-bond donors (Lipinski definition) is 0. The van der Waals surface area contributed by atoms with E-state index < -0.39 is 57.6 Å². The van der Waals surface area contributed by atoms with E-state index in [1.54, 1.807) is 24.3 Å². The third kappa shape index (κ3) is 13.1. The van der Waals surface area contributed by atoms with Gasteiger partial charge in [0.05, 0.1) is 172 Å². The molecule has 0 fully saturated rings. The molecule has 18 nitrogen and oxygen atoms in total. The van der Waals surface area contributed by atoms with Gasteiger partial charge in [-0.15, -0.1) is 0 Å². The second-order valence-electron chi connectivity index (χ2n) is 37.8. The summed E-state index contributed by atoms with van der Waals surface area (Å²) in [6.07, 6.45) is -2.17. The average molecular weight is 1850 g/mol. The molecule has 1 atom stereocenters. The zero-order valence-corrected chi connectivity index (χ0v) is 76.6. The molecule has 0 aliphatic rings. The molecule has 0 N–H and O–H groups in total. The van der Waals surface area contributed by atoms with Crippen molar-refractivity contribution in [3.05, 3.63) is 361 Å². The molecule has 0 saturated carbocycles. The summed E-state index contributed by atoms with van der Waals surface area (Å²) in [5.41, 5.74) is 26.4. The smallest absolute Gasteiger partial charge is 0.278 e. The second-order valence-corrected chi connectivity index (χ2v) is 37.8. The van der Waals surface area contributed by atoms with Crippen molar-refractivity contribution in [2.75, 3.05) is 0 Å². The fourth-order valence-corrected chi connectivity index (χ4v) is 20.9. The van der Waals surface area contributed by atoms with Gasteiger partial charge in [0.15, 0.2) is 0 Å². The van der Waals surface area contributed by atoms with Crippen molar-refractivity contribution in [3.63, 3.8) is 0 Å². The first-order chi connectivity index (χ1) is 74.2. The minimum atomic E-state index is -4.29. The van der Waals surface area contributed by atoms with Crippen LogP contribution in [0.5, 0.6) is 0 Å². The van der Waals surface area contributed by atoms with E-state index in [2.05, 4.69) is 166 Å². The number of aromatic nitrogens is 18. The lowest BCUT2D eigenvalue weighted by Crippen LogP contribution is -2.32. The van der Waals surface area contributed by atoms with Crippen LogP contribution in [-0.2, 0) is 25.7 Å². The number of aryl methyl sites for hydroxylation is 4. The quantitative estimate of drug-likeness (QED) is 0.100. The monoisotopic (exact) mass is 1840 g/mol. The zero-order chi connectivity index (χ0) is 109. The summed E-state index contributed by atoms with van der Waals surface area (Å²) in [7, 11) is 0. The fourth-order valence-electron chi connectivity index (χ4n) is 20.9. The normalized spacial score (nSPS) is 15.4. The van der Waals surface area contributed by atoms with Gasteiger partial charge in [-0.1, -0.05) is 240 Å². The minimum Gasteiger partial charge on any atom is -0.278 e. The summed E-state index contributed by atoms with van der Waals surface area (Å²) in [6.45, 7) is -2.48. The molecule has 0 amide bonds. The predicted octanol–water partition coefficient (Wildman–Crippen LogP) is 29.4. The van der Waals surface area contributed by atoms with Gasteiger partial charge in [0.1, 0.15) is 0 Å². The van der Waals surface area contributed by atoms with E-state index in [9.17, 15) is 13.2 Å². The van der Waals surface area contributed by atoms with Gasteiger partial charge in [-0.2, -0.15) is 13.2 Å². The molecule has 27 rings (SSSR count). The number of nitrogens with zero attached hydrogens (tertiary/aromatic N) is 18. The van der Waals surface area contributed by atoms with Crippen LogP contribution in [0.2, 0.25) is 0 Å². The number of para-hydroxylation sites is 18. The van der Waals surface area contributed by atoms with Crippen molar-refractivity contribution in [3.8, 4) is 34.1 Å². The summed E-state index contributed by atoms with van der Waals surface area (Å²) in [6, 6.07) is 106.